The van der Waals surface area contributed by atoms with Gasteiger partial charge in [0.05, 0.1) is 10.9 Å². The maximum atomic E-state index is 11.9. The molecule has 7 heteroatoms. The Bertz CT molecular complexity index is 819. The van der Waals surface area contributed by atoms with Crippen molar-refractivity contribution in [2.24, 2.45) is 0 Å². The summed E-state index contributed by atoms with van der Waals surface area (Å²) in [6.07, 6.45) is 1.15. The Labute approximate surface area is 146 Å². The van der Waals surface area contributed by atoms with E-state index in [0.29, 0.717) is 10.8 Å². The molecular weight excluding hydrogens is 350 g/mol. The van der Waals surface area contributed by atoms with Crippen LogP contribution in [-0.4, -0.2) is 27.2 Å². The number of nitrogens with one attached hydrogen (secondary N) is 1. The van der Waals surface area contributed by atoms with Gasteiger partial charge in [0.25, 0.3) is 5.91 Å². The molecule has 128 valence electrons. The van der Waals surface area contributed by atoms with E-state index in [1.807, 2.05) is 6.92 Å². The van der Waals surface area contributed by atoms with Gasteiger partial charge in [0.1, 0.15) is 5.75 Å². The largest absolute Gasteiger partial charge is 0.484 e. The van der Waals surface area contributed by atoms with Gasteiger partial charge in [0.2, 0.25) is 0 Å². The van der Waals surface area contributed by atoms with E-state index in [0.717, 1.165) is 11.8 Å². The van der Waals surface area contributed by atoms with Crippen molar-refractivity contribution in [1.29, 1.82) is 0 Å². The maximum absolute atomic E-state index is 11.9. The molecule has 1 atom stereocenters. The van der Waals surface area contributed by atoms with Crippen LogP contribution in [0.25, 0.3) is 0 Å². The third-order valence-electron chi connectivity index (χ3n) is 3.35. The number of halogens is 1. The standard InChI is InChI=1S/C17H18ClNO4S/c1-12(13-6-8-16(9-7-13)24(2,21)22)19-17(20)11-23-15-5-3-4-14(18)10-15/h3-10,12H,11H2,1-2H3,(H,19,20). The topological polar surface area (TPSA) is 72.5 Å². The maximum Gasteiger partial charge on any atom is 0.258 e. The molecule has 0 saturated heterocycles. The van der Waals surface area contributed by atoms with E-state index < -0.39 is 9.84 Å². The summed E-state index contributed by atoms with van der Waals surface area (Å²) >= 11 is 5.85. The number of hydrogen-bond acceptors (Lipinski definition) is 4. The van der Waals surface area contributed by atoms with E-state index >= 15 is 0 Å². The highest BCUT2D eigenvalue weighted by Gasteiger charge is 2.12. The van der Waals surface area contributed by atoms with Gasteiger partial charge in [-0.3, -0.25) is 4.79 Å². The van der Waals surface area contributed by atoms with Gasteiger partial charge in [0, 0.05) is 11.3 Å². The number of carbonyl (C=O) groups is 1. The minimum atomic E-state index is -3.23. The Morgan fingerprint density at radius 3 is 2.46 bits per heavy atom. The van der Waals surface area contributed by atoms with Crippen LogP contribution in [0.1, 0.15) is 18.5 Å². The summed E-state index contributed by atoms with van der Waals surface area (Å²) in [5, 5.41) is 3.33. The molecule has 0 saturated carbocycles. The first-order valence-electron chi connectivity index (χ1n) is 7.23. The Kier molecular flexibility index (Phi) is 5.85. The Morgan fingerprint density at radius 2 is 1.88 bits per heavy atom. The monoisotopic (exact) mass is 367 g/mol. The van der Waals surface area contributed by atoms with Crippen molar-refractivity contribution >= 4 is 27.3 Å². The van der Waals surface area contributed by atoms with Crippen LogP contribution >= 0.6 is 11.6 Å². The lowest BCUT2D eigenvalue weighted by atomic mass is 10.1. The number of carbonyl (C=O) groups excluding carboxylic acids is 1. The average molecular weight is 368 g/mol. The number of hydrogen-bond donors (Lipinski definition) is 1. The van der Waals surface area contributed by atoms with Gasteiger partial charge in [0.15, 0.2) is 16.4 Å². The lowest BCUT2D eigenvalue weighted by Gasteiger charge is -2.15. The molecule has 0 radical (unpaired) electrons. The summed E-state index contributed by atoms with van der Waals surface area (Å²) in [6.45, 7) is 1.68. The van der Waals surface area contributed by atoms with Gasteiger partial charge in [-0.05, 0) is 42.8 Å². The first-order chi connectivity index (χ1) is 11.3. The van der Waals surface area contributed by atoms with Crippen LogP contribution in [0.2, 0.25) is 5.02 Å². The normalized spacial score (nSPS) is 12.5. The molecule has 24 heavy (non-hydrogen) atoms. The Balaban J connectivity index is 1.91. The van der Waals surface area contributed by atoms with Crippen molar-refractivity contribution in [3.63, 3.8) is 0 Å². The van der Waals surface area contributed by atoms with E-state index in [9.17, 15) is 13.2 Å². The molecule has 2 aromatic carbocycles. The summed E-state index contributed by atoms with van der Waals surface area (Å²) in [7, 11) is -3.23. The second-order valence-electron chi connectivity index (χ2n) is 5.38. The number of ether oxygens (including phenoxy) is 1. The van der Waals surface area contributed by atoms with E-state index in [1.54, 1.807) is 36.4 Å². The second-order valence-corrected chi connectivity index (χ2v) is 7.83. The molecule has 2 rings (SSSR count). The fraction of sp³-hybridized carbons (Fsp3) is 0.235. The summed E-state index contributed by atoms with van der Waals surface area (Å²) in [5.74, 6) is 0.234. The number of benzene rings is 2. The molecule has 0 aliphatic heterocycles. The van der Waals surface area contributed by atoms with Crippen LogP contribution in [0.5, 0.6) is 5.75 Å². The highest BCUT2D eigenvalue weighted by Crippen LogP contribution is 2.18. The van der Waals surface area contributed by atoms with Gasteiger partial charge in [-0.25, -0.2) is 8.42 Å². The van der Waals surface area contributed by atoms with Gasteiger partial charge < -0.3 is 10.1 Å². The molecule has 2 aromatic rings. The fourth-order valence-corrected chi connectivity index (χ4v) is 2.89. The third kappa shape index (κ3) is 5.25. The lowest BCUT2D eigenvalue weighted by molar-refractivity contribution is -0.123. The Morgan fingerprint density at radius 1 is 1.21 bits per heavy atom. The van der Waals surface area contributed by atoms with Crippen LogP contribution in [-0.2, 0) is 14.6 Å². The molecule has 0 aliphatic rings. The van der Waals surface area contributed by atoms with Crippen LogP contribution in [0.15, 0.2) is 53.4 Å². The summed E-state index contributed by atoms with van der Waals surface area (Å²) in [5.41, 5.74) is 0.804. The zero-order valence-electron chi connectivity index (χ0n) is 13.3. The minimum absolute atomic E-state index is 0.133. The van der Waals surface area contributed by atoms with Gasteiger partial charge >= 0.3 is 0 Å². The van der Waals surface area contributed by atoms with Crippen molar-refractivity contribution in [2.75, 3.05) is 12.9 Å². The van der Waals surface area contributed by atoms with Crippen molar-refractivity contribution in [3.8, 4) is 5.75 Å². The zero-order chi connectivity index (χ0) is 17.7. The fourth-order valence-electron chi connectivity index (χ4n) is 2.08. The first kappa shape index (κ1) is 18.3. The predicted octanol–water partition coefficient (Wildman–Crippen LogP) is 3.00. The molecule has 0 aromatic heterocycles. The minimum Gasteiger partial charge on any atom is -0.484 e. The smallest absolute Gasteiger partial charge is 0.258 e. The van der Waals surface area contributed by atoms with Crippen LogP contribution in [0.4, 0.5) is 0 Å². The van der Waals surface area contributed by atoms with E-state index in [2.05, 4.69) is 5.32 Å². The SMILES string of the molecule is CC(NC(=O)COc1cccc(Cl)c1)c1ccc(S(C)(=O)=O)cc1. The van der Waals surface area contributed by atoms with Crippen LogP contribution < -0.4 is 10.1 Å². The average Bonchev–Trinajstić information content (AvgIpc) is 2.52. The number of rotatable bonds is 6. The molecule has 1 amide bonds. The van der Waals surface area contributed by atoms with Crippen molar-refractivity contribution in [2.45, 2.75) is 17.9 Å². The molecule has 0 fully saturated rings. The van der Waals surface area contributed by atoms with E-state index in [4.69, 9.17) is 16.3 Å². The van der Waals surface area contributed by atoms with Crippen molar-refractivity contribution in [1.82, 2.24) is 5.32 Å². The highest BCUT2D eigenvalue weighted by molar-refractivity contribution is 7.90. The molecule has 0 heterocycles. The highest BCUT2D eigenvalue weighted by atomic mass is 35.5. The van der Waals surface area contributed by atoms with Crippen LogP contribution in [0.3, 0.4) is 0 Å². The molecule has 0 spiro atoms. The second kappa shape index (κ2) is 7.68. The van der Waals surface area contributed by atoms with E-state index in [-0.39, 0.29) is 23.5 Å². The number of sulfone groups is 1. The quantitative estimate of drug-likeness (QED) is 0.851. The van der Waals surface area contributed by atoms with Crippen molar-refractivity contribution < 1.29 is 17.9 Å². The molecule has 1 unspecified atom stereocenters. The lowest BCUT2D eigenvalue weighted by Crippen LogP contribution is -2.31. The number of amides is 1. The zero-order valence-corrected chi connectivity index (χ0v) is 14.9. The summed E-state index contributed by atoms with van der Waals surface area (Å²) < 4.78 is 28.3. The van der Waals surface area contributed by atoms with Gasteiger partial charge in [-0.2, -0.15) is 0 Å². The van der Waals surface area contributed by atoms with E-state index in [1.165, 1.54) is 12.1 Å². The molecular formula is C17H18ClNO4S. The summed E-state index contributed by atoms with van der Waals surface area (Å²) in [4.78, 5) is 12.2. The Hall–Kier alpha value is -2.05. The molecule has 0 bridgehead atoms. The molecule has 1 N–H and O–H groups in total. The molecule has 5 nitrogen and oxygen atoms in total. The predicted molar refractivity (Wildman–Crippen MR) is 93.1 cm³/mol. The molecule has 0 aliphatic carbocycles. The third-order valence-corrected chi connectivity index (χ3v) is 4.72. The van der Waals surface area contributed by atoms with Crippen molar-refractivity contribution in [3.05, 3.63) is 59.1 Å². The van der Waals surface area contributed by atoms with Gasteiger partial charge in [-0.1, -0.05) is 29.8 Å². The first-order valence-corrected chi connectivity index (χ1v) is 9.50. The van der Waals surface area contributed by atoms with Gasteiger partial charge in [-0.15, -0.1) is 0 Å². The summed E-state index contributed by atoms with van der Waals surface area (Å²) in [6, 6.07) is 12.9. The van der Waals surface area contributed by atoms with Crippen LogP contribution in [0, 0.1) is 0 Å².